The molecule has 2 fully saturated rings. The molecule has 1 unspecified atom stereocenters. The van der Waals surface area contributed by atoms with Crippen LogP contribution in [-0.4, -0.2) is 66.3 Å². The molecule has 1 aromatic heterocycles. The number of hydrogen-bond donors (Lipinski definition) is 1. The highest BCUT2D eigenvalue weighted by Gasteiger charge is 2.30. The van der Waals surface area contributed by atoms with Crippen LogP contribution < -0.4 is 5.32 Å². The number of amides is 1. The Labute approximate surface area is 213 Å². The molecule has 8 nitrogen and oxygen atoms in total. The Balaban J connectivity index is 1.38. The number of nitrogens with one attached hydrogen (secondary N) is 1. The minimum Gasteiger partial charge on any atom is -0.313 e. The van der Waals surface area contributed by atoms with Gasteiger partial charge in [0.2, 0.25) is 21.9 Å². The number of rotatable bonds is 7. The van der Waals surface area contributed by atoms with Crippen LogP contribution in [0.15, 0.2) is 53.4 Å². The molecule has 1 saturated carbocycles. The Morgan fingerprint density at radius 1 is 1.00 bits per heavy atom. The number of fused-ring (bicyclic) bond motifs is 1. The normalized spacial score (nSPS) is 19.1. The maximum absolute atomic E-state index is 13.6. The Morgan fingerprint density at radius 2 is 1.67 bits per heavy atom. The summed E-state index contributed by atoms with van der Waals surface area (Å²) in [5, 5.41) is 3.05. The van der Waals surface area contributed by atoms with E-state index >= 15 is 0 Å². The minimum atomic E-state index is -3.55. The molecule has 36 heavy (non-hydrogen) atoms. The third-order valence-corrected chi connectivity index (χ3v) is 9.68. The van der Waals surface area contributed by atoms with Gasteiger partial charge in [-0.1, -0.05) is 49.9 Å². The molecule has 0 spiro atoms. The quantitative estimate of drug-likeness (QED) is 0.523. The van der Waals surface area contributed by atoms with Gasteiger partial charge < -0.3 is 9.47 Å². The van der Waals surface area contributed by atoms with Crippen molar-refractivity contribution in [2.24, 2.45) is 13.0 Å². The Kier molecular flexibility index (Phi) is 7.14. The van der Waals surface area contributed by atoms with E-state index in [0.717, 1.165) is 48.9 Å². The first-order valence-corrected chi connectivity index (χ1v) is 14.3. The smallest absolute Gasteiger partial charge is 0.243 e. The average Bonchev–Trinajstić information content (AvgIpc) is 3.51. The highest BCUT2D eigenvalue weighted by Crippen LogP contribution is 2.35. The van der Waals surface area contributed by atoms with E-state index in [9.17, 15) is 13.2 Å². The van der Waals surface area contributed by atoms with Gasteiger partial charge in [0.25, 0.3) is 0 Å². The van der Waals surface area contributed by atoms with Crippen molar-refractivity contribution < 1.29 is 13.2 Å². The van der Waals surface area contributed by atoms with E-state index in [-0.39, 0.29) is 16.7 Å². The number of anilines is 1. The zero-order chi connectivity index (χ0) is 25.3. The third kappa shape index (κ3) is 5.05. The predicted molar refractivity (Wildman–Crippen MR) is 141 cm³/mol. The molecular weight excluding hydrogens is 474 g/mol. The first-order chi connectivity index (χ1) is 17.3. The molecule has 0 bridgehead atoms. The van der Waals surface area contributed by atoms with E-state index in [4.69, 9.17) is 0 Å². The van der Waals surface area contributed by atoms with Crippen molar-refractivity contribution in [3.8, 4) is 0 Å². The van der Waals surface area contributed by atoms with Gasteiger partial charge in [-0.15, -0.1) is 0 Å². The molecule has 3 aromatic rings. The monoisotopic (exact) mass is 509 g/mol. The Bertz CT molecular complexity index is 1320. The van der Waals surface area contributed by atoms with Crippen LogP contribution in [0.5, 0.6) is 0 Å². The lowest BCUT2D eigenvalue weighted by atomic mass is 9.87. The maximum Gasteiger partial charge on any atom is 0.243 e. The molecule has 2 heterocycles. The summed E-state index contributed by atoms with van der Waals surface area (Å²) >= 11 is 0. The van der Waals surface area contributed by atoms with Crippen LogP contribution in [-0.2, 0) is 21.9 Å². The number of carbonyl (C=O) groups excluding carboxylic acids is 1. The fourth-order valence-electron chi connectivity index (χ4n) is 5.48. The molecule has 1 atom stereocenters. The van der Waals surface area contributed by atoms with Gasteiger partial charge >= 0.3 is 0 Å². The third-order valence-electron chi connectivity index (χ3n) is 7.76. The molecular formula is C27H35N5O3S. The molecule has 2 aromatic carbocycles. The molecule has 1 N–H and O–H groups in total. The number of aryl methyl sites for hydroxylation is 1. The molecule has 9 heteroatoms. The Morgan fingerprint density at radius 3 is 2.33 bits per heavy atom. The van der Waals surface area contributed by atoms with E-state index in [1.807, 2.05) is 55.1 Å². The van der Waals surface area contributed by atoms with E-state index in [1.165, 1.54) is 12.8 Å². The second-order valence-electron chi connectivity index (χ2n) is 10.2. The number of benzene rings is 2. The van der Waals surface area contributed by atoms with Crippen molar-refractivity contribution in [1.29, 1.82) is 0 Å². The van der Waals surface area contributed by atoms with Crippen molar-refractivity contribution in [1.82, 2.24) is 18.8 Å². The molecule has 2 aliphatic rings. The number of carbonyl (C=O) groups is 1. The van der Waals surface area contributed by atoms with Gasteiger partial charge in [-0.05, 0) is 49.2 Å². The van der Waals surface area contributed by atoms with Gasteiger partial charge in [-0.2, -0.15) is 4.31 Å². The number of likely N-dealkylation sites (N-methyl/N-ethyl adjacent to an activating group) is 1. The van der Waals surface area contributed by atoms with Gasteiger partial charge in [-0.25, -0.2) is 13.4 Å². The maximum atomic E-state index is 13.6. The van der Waals surface area contributed by atoms with Crippen molar-refractivity contribution in [2.75, 3.05) is 38.5 Å². The number of imidazole rings is 1. The lowest BCUT2D eigenvalue weighted by Gasteiger charge is -2.31. The van der Waals surface area contributed by atoms with Crippen LogP contribution in [0.4, 0.5) is 5.95 Å². The summed E-state index contributed by atoms with van der Waals surface area (Å²) in [7, 11) is 0.353. The summed E-state index contributed by atoms with van der Waals surface area (Å²) in [6.45, 7) is 2.43. The summed E-state index contributed by atoms with van der Waals surface area (Å²) in [6.07, 6.45) is 5.41. The van der Waals surface area contributed by atoms with E-state index in [1.54, 1.807) is 16.4 Å². The zero-order valence-electron chi connectivity index (χ0n) is 21.1. The van der Waals surface area contributed by atoms with E-state index in [2.05, 4.69) is 15.2 Å². The lowest BCUT2D eigenvalue weighted by molar-refractivity contribution is -0.118. The second-order valence-corrected chi connectivity index (χ2v) is 12.1. The van der Waals surface area contributed by atoms with Crippen LogP contribution in [0, 0.1) is 5.92 Å². The summed E-state index contributed by atoms with van der Waals surface area (Å²) in [6, 6.07) is 14.8. The zero-order valence-corrected chi connectivity index (χ0v) is 21.9. The van der Waals surface area contributed by atoms with Gasteiger partial charge in [0.05, 0.1) is 21.8 Å². The molecule has 1 amide bonds. The van der Waals surface area contributed by atoms with Crippen molar-refractivity contribution >= 4 is 32.9 Å². The van der Waals surface area contributed by atoms with Gasteiger partial charge in [0.1, 0.15) is 0 Å². The van der Waals surface area contributed by atoms with Crippen molar-refractivity contribution in [3.05, 3.63) is 54.1 Å². The molecule has 1 aliphatic carbocycles. The summed E-state index contributed by atoms with van der Waals surface area (Å²) in [5.74, 6) is 0.546. The number of piperazine rings is 1. The van der Waals surface area contributed by atoms with Crippen LogP contribution in [0.25, 0.3) is 11.0 Å². The SMILES string of the molecule is CN1CCN(S(=O)(=O)c2ccc(C(CC3CCCC3)C(=O)Nc3nc4ccccc4n3C)cc2)CC1. The van der Waals surface area contributed by atoms with Gasteiger partial charge in [0, 0.05) is 33.2 Å². The molecule has 5 rings (SSSR count). The van der Waals surface area contributed by atoms with Crippen molar-refractivity contribution in [3.63, 3.8) is 0 Å². The largest absolute Gasteiger partial charge is 0.313 e. The fraction of sp³-hybridized carbons (Fsp3) is 0.481. The summed E-state index contributed by atoms with van der Waals surface area (Å²) in [5.41, 5.74) is 2.63. The summed E-state index contributed by atoms with van der Waals surface area (Å²) < 4.78 is 29.8. The number of sulfonamides is 1. The predicted octanol–water partition coefficient (Wildman–Crippen LogP) is 3.81. The fourth-order valence-corrected chi connectivity index (χ4v) is 6.90. The number of para-hydroxylation sites is 2. The average molecular weight is 510 g/mol. The number of hydrogen-bond acceptors (Lipinski definition) is 5. The first kappa shape index (κ1) is 24.9. The first-order valence-electron chi connectivity index (χ1n) is 12.8. The topological polar surface area (TPSA) is 87.5 Å². The summed E-state index contributed by atoms with van der Waals surface area (Å²) in [4.78, 5) is 20.6. The highest BCUT2D eigenvalue weighted by molar-refractivity contribution is 7.89. The highest BCUT2D eigenvalue weighted by atomic mass is 32.2. The standard InChI is InChI=1S/C27H35N5O3S/c1-30-15-17-32(18-16-30)36(34,35)22-13-11-21(12-14-22)23(19-20-7-3-4-8-20)26(33)29-27-28-24-9-5-6-10-25(24)31(27)2/h5-6,9-14,20,23H,3-4,7-8,15-19H2,1-2H3,(H,28,29,33). The molecule has 1 aliphatic heterocycles. The molecule has 192 valence electrons. The molecule has 0 radical (unpaired) electrons. The number of nitrogens with zero attached hydrogens (tertiary/aromatic N) is 4. The van der Waals surface area contributed by atoms with Crippen LogP contribution in [0.2, 0.25) is 0 Å². The van der Waals surface area contributed by atoms with Crippen LogP contribution >= 0.6 is 0 Å². The van der Waals surface area contributed by atoms with Gasteiger partial charge in [-0.3, -0.25) is 10.1 Å². The van der Waals surface area contributed by atoms with Crippen LogP contribution in [0.3, 0.4) is 0 Å². The van der Waals surface area contributed by atoms with Crippen LogP contribution in [0.1, 0.15) is 43.6 Å². The lowest BCUT2D eigenvalue weighted by Crippen LogP contribution is -2.47. The van der Waals surface area contributed by atoms with Crippen molar-refractivity contribution in [2.45, 2.75) is 42.9 Å². The Hall–Kier alpha value is -2.75. The second kappa shape index (κ2) is 10.3. The minimum absolute atomic E-state index is 0.102. The van der Waals surface area contributed by atoms with E-state index in [0.29, 0.717) is 25.0 Å². The van der Waals surface area contributed by atoms with E-state index < -0.39 is 10.0 Å². The molecule has 1 saturated heterocycles. The van der Waals surface area contributed by atoms with Gasteiger partial charge in [0.15, 0.2) is 0 Å². The number of aromatic nitrogens is 2.